The Labute approximate surface area is 355 Å². The molecular formula is C42H46ClF3N8O5S. The number of fused-ring (bicyclic) bond motifs is 1. The van der Waals surface area contributed by atoms with Crippen molar-refractivity contribution >= 4 is 81.1 Å². The fraction of sp³-hybridized carbons (Fsp3) is 0.476. The smallest absolute Gasteiger partial charge is 0.420 e. The van der Waals surface area contributed by atoms with E-state index in [2.05, 4.69) is 25.8 Å². The Morgan fingerprint density at radius 3 is 2.57 bits per heavy atom. The number of nitrogens with zero attached hydrogens (tertiary/aromatic N) is 4. The number of alkyl halides is 3. The van der Waals surface area contributed by atoms with Gasteiger partial charge in [0.15, 0.2) is 5.11 Å². The molecule has 4 aliphatic heterocycles. The van der Waals surface area contributed by atoms with Gasteiger partial charge in [-0.1, -0.05) is 18.5 Å². The topological polar surface area (TPSA) is 162 Å². The van der Waals surface area contributed by atoms with E-state index in [9.17, 15) is 32.3 Å². The molecule has 0 radical (unpaired) electrons. The van der Waals surface area contributed by atoms with Crippen molar-refractivity contribution in [2.45, 2.75) is 101 Å². The number of carbonyl (C=O) groups is 4. The summed E-state index contributed by atoms with van der Waals surface area (Å²) < 4.78 is 47.4. The van der Waals surface area contributed by atoms with E-state index in [1.807, 2.05) is 19.1 Å². The number of hydrogen-bond donors (Lipinski definition) is 4. The molecule has 5 heterocycles. The zero-order valence-electron chi connectivity index (χ0n) is 33.3. The maximum absolute atomic E-state index is 13.7. The number of aromatic nitrogens is 1. The highest BCUT2D eigenvalue weighted by molar-refractivity contribution is 7.81. The van der Waals surface area contributed by atoms with Crippen molar-refractivity contribution in [3.05, 3.63) is 64.8 Å². The van der Waals surface area contributed by atoms with Gasteiger partial charge in [0, 0.05) is 40.1 Å². The van der Waals surface area contributed by atoms with E-state index in [1.54, 1.807) is 43.0 Å². The average molecular weight is 867 g/mol. The maximum atomic E-state index is 13.7. The molecule has 4 saturated heterocycles. The van der Waals surface area contributed by atoms with Crippen LogP contribution in [0.25, 0.3) is 0 Å². The number of anilines is 5. The van der Waals surface area contributed by atoms with Gasteiger partial charge in [0.1, 0.15) is 23.1 Å². The van der Waals surface area contributed by atoms with Gasteiger partial charge in [-0.2, -0.15) is 13.2 Å². The Balaban J connectivity index is 0.871. The Hall–Kier alpha value is -5.00. The molecule has 4 amide bonds. The van der Waals surface area contributed by atoms with Gasteiger partial charge in [0.2, 0.25) is 17.7 Å². The van der Waals surface area contributed by atoms with Crippen LogP contribution in [0.1, 0.15) is 76.8 Å². The molecule has 18 heteroatoms. The third-order valence-electron chi connectivity index (χ3n) is 12.7. The molecule has 3 unspecified atom stereocenters. The number of thiocarbonyl (C=S) groups is 1. The van der Waals surface area contributed by atoms with Crippen molar-refractivity contribution in [1.29, 1.82) is 0 Å². The van der Waals surface area contributed by atoms with Crippen LogP contribution in [0, 0.1) is 11.8 Å². The number of halogens is 4. The van der Waals surface area contributed by atoms with Crippen LogP contribution in [0.5, 0.6) is 5.75 Å². The first-order valence-corrected chi connectivity index (χ1v) is 20.9. The van der Waals surface area contributed by atoms with Gasteiger partial charge in [-0.15, -0.1) is 0 Å². The van der Waals surface area contributed by atoms with Crippen molar-refractivity contribution in [3.8, 4) is 5.75 Å². The molecule has 2 aromatic carbocycles. The standard InChI is InChI=1S/C42H46ClF3N8O5S/c1-4-23-12-28(54-39(60)53(38(58)40(54,2)3)30-17-31(42(44,45)46)36(47)48-20-30)5-7-33(23)59-10-9-22-11-29-13-24-19-41(24,18-22)52(29)21-35(56)50-27-15-25(43)14-26(16-27)49-32-6-8-34(55)51-37(32)57/h5,7,12,14-17,20,22,24,29,32,49H,4,6,8-11,13,18-19,21H2,1-3H3,(H2,47,48)(H,50,56)(H,51,55,57)/t22?,24-,29+,32?,41?/m1/s1. The number of ether oxygens (including phenoxy) is 1. The van der Waals surface area contributed by atoms with Gasteiger partial charge in [-0.25, -0.2) is 4.98 Å². The largest absolute Gasteiger partial charge is 0.493 e. The maximum Gasteiger partial charge on any atom is 0.420 e. The number of imide groups is 1. The number of nitrogen functional groups attached to an aromatic ring is 1. The lowest BCUT2D eigenvalue weighted by Crippen LogP contribution is -2.50. The van der Waals surface area contributed by atoms with Crippen molar-refractivity contribution in [3.63, 3.8) is 0 Å². The van der Waals surface area contributed by atoms with Gasteiger partial charge in [0.25, 0.3) is 5.91 Å². The number of amides is 4. The molecule has 1 spiro atoms. The fourth-order valence-corrected chi connectivity index (χ4v) is 10.5. The first-order chi connectivity index (χ1) is 28.4. The highest BCUT2D eigenvalue weighted by atomic mass is 35.5. The van der Waals surface area contributed by atoms with E-state index in [4.69, 9.17) is 34.3 Å². The molecule has 8 rings (SSSR count). The molecule has 3 aromatic rings. The highest BCUT2D eigenvalue weighted by Gasteiger charge is 2.67. The molecule has 5 aliphatic rings. The van der Waals surface area contributed by atoms with Gasteiger partial charge in [-0.05, 0) is 131 Å². The van der Waals surface area contributed by atoms with Crippen LogP contribution < -0.4 is 36.2 Å². The Morgan fingerprint density at radius 1 is 1.08 bits per heavy atom. The van der Waals surface area contributed by atoms with Crippen LogP contribution in [0.4, 0.5) is 41.7 Å². The Kier molecular flexibility index (Phi) is 10.8. The third kappa shape index (κ3) is 7.75. The number of rotatable bonds is 12. The average Bonchev–Trinajstić information content (AvgIpc) is 3.75. The number of nitrogens with two attached hydrogens (primary N) is 1. The van der Waals surface area contributed by atoms with E-state index in [0.717, 1.165) is 54.8 Å². The summed E-state index contributed by atoms with van der Waals surface area (Å²) >= 11 is 12.1. The molecule has 1 aromatic heterocycles. The first-order valence-electron chi connectivity index (χ1n) is 20.1. The lowest BCUT2D eigenvalue weighted by molar-refractivity contribution is -0.137. The number of piperidine rings is 3. The normalized spacial score (nSPS) is 25.9. The Morgan fingerprint density at radius 2 is 1.85 bits per heavy atom. The number of aryl methyl sites for hydroxylation is 1. The van der Waals surface area contributed by atoms with Crippen LogP contribution in [0.2, 0.25) is 5.02 Å². The summed E-state index contributed by atoms with van der Waals surface area (Å²) in [6, 6.07) is 11.1. The number of pyridine rings is 1. The number of carbonyl (C=O) groups excluding carboxylic acids is 4. The summed E-state index contributed by atoms with van der Waals surface area (Å²) in [4.78, 5) is 59.7. The van der Waals surface area contributed by atoms with Crippen molar-refractivity contribution in [2.75, 3.05) is 39.3 Å². The lowest BCUT2D eigenvalue weighted by Gasteiger charge is -2.42. The van der Waals surface area contributed by atoms with E-state index < -0.39 is 41.0 Å². The van der Waals surface area contributed by atoms with E-state index in [0.29, 0.717) is 65.2 Å². The van der Waals surface area contributed by atoms with Gasteiger partial charge in [-0.3, -0.25) is 34.3 Å². The Bertz CT molecular complexity index is 2300. The lowest BCUT2D eigenvalue weighted by atomic mass is 9.85. The zero-order valence-corrected chi connectivity index (χ0v) is 34.9. The van der Waals surface area contributed by atoms with Crippen molar-refractivity contribution < 1.29 is 37.1 Å². The predicted molar refractivity (Wildman–Crippen MR) is 225 cm³/mol. The minimum atomic E-state index is -4.76. The van der Waals surface area contributed by atoms with Crippen LogP contribution in [-0.4, -0.2) is 74.9 Å². The summed E-state index contributed by atoms with van der Waals surface area (Å²) in [5.41, 5.74) is 5.64. The highest BCUT2D eigenvalue weighted by Crippen LogP contribution is 2.65. The number of hydrogen-bond acceptors (Lipinski definition) is 10. The van der Waals surface area contributed by atoms with Crippen molar-refractivity contribution in [2.24, 2.45) is 11.8 Å². The third-order valence-corrected chi connectivity index (χ3v) is 13.3. The molecule has 5 fully saturated rings. The minimum absolute atomic E-state index is 0.0109. The summed E-state index contributed by atoms with van der Waals surface area (Å²) in [5, 5.41) is 8.88. The number of benzene rings is 2. The number of nitrogens with one attached hydrogen (secondary N) is 3. The minimum Gasteiger partial charge on any atom is -0.493 e. The quantitative estimate of drug-likeness (QED) is 0.114. The monoisotopic (exact) mass is 866 g/mol. The summed E-state index contributed by atoms with van der Waals surface area (Å²) in [7, 11) is 0. The molecule has 5 atom stereocenters. The van der Waals surface area contributed by atoms with Crippen molar-refractivity contribution in [1.82, 2.24) is 15.2 Å². The SMILES string of the molecule is CCc1cc(N2C(=S)N(c3cnc(N)c(C(F)(F)F)c3)C(=O)C2(C)C)ccc1OCCC1C[C@H]2C[C@@H]3CC3(C1)N2CC(=O)Nc1cc(Cl)cc(NC2CCC(=O)NC2=O)c1. The van der Waals surface area contributed by atoms with E-state index in [-0.39, 0.29) is 41.1 Å². The van der Waals surface area contributed by atoms with Crippen LogP contribution in [-0.2, 0) is 31.8 Å². The second-order valence-electron chi connectivity index (χ2n) is 17.0. The van der Waals surface area contributed by atoms with E-state index in [1.165, 1.54) is 0 Å². The van der Waals surface area contributed by atoms with Gasteiger partial charge in [0.05, 0.1) is 30.6 Å². The zero-order chi connectivity index (χ0) is 42.9. The van der Waals surface area contributed by atoms with E-state index >= 15 is 0 Å². The van der Waals surface area contributed by atoms with Crippen LogP contribution >= 0.6 is 23.8 Å². The molecule has 13 nitrogen and oxygen atoms in total. The molecule has 60 heavy (non-hydrogen) atoms. The second kappa shape index (κ2) is 15.5. The second-order valence-corrected chi connectivity index (χ2v) is 17.8. The predicted octanol–water partition coefficient (Wildman–Crippen LogP) is 6.68. The summed E-state index contributed by atoms with van der Waals surface area (Å²) in [6.07, 6.45) is 2.52. The van der Waals surface area contributed by atoms with Gasteiger partial charge >= 0.3 is 6.18 Å². The summed E-state index contributed by atoms with van der Waals surface area (Å²) in [6.45, 7) is 6.10. The van der Waals surface area contributed by atoms with Crippen LogP contribution in [0.15, 0.2) is 48.7 Å². The molecule has 318 valence electrons. The molecule has 2 bridgehead atoms. The summed E-state index contributed by atoms with van der Waals surface area (Å²) in [5.74, 6) is -0.301. The molecular weight excluding hydrogens is 821 g/mol. The molecule has 1 aliphatic carbocycles. The van der Waals surface area contributed by atoms with Gasteiger partial charge < -0.3 is 26.0 Å². The van der Waals surface area contributed by atoms with Crippen LogP contribution in [0.3, 0.4) is 0 Å². The fourth-order valence-electron chi connectivity index (χ4n) is 9.77. The molecule has 5 N–H and O–H groups in total. The molecule has 1 saturated carbocycles. The first kappa shape index (κ1) is 41.7.